The number of epoxide rings is 1. The van der Waals surface area contributed by atoms with Crippen LogP contribution in [0, 0.1) is 28.6 Å². The number of allylic oxidation sites excluding steroid dienone is 1. The lowest BCUT2D eigenvalue weighted by atomic mass is 9.45. The molecule has 0 radical (unpaired) electrons. The van der Waals surface area contributed by atoms with Crippen LogP contribution >= 0.6 is 0 Å². The van der Waals surface area contributed by atoms with Crippen LogP contribution in [0.25, 0.3) is 0 Å². The lowest BCUT2D eigenvalue weighted by Gasteiger charge is -2.58. The van der Waals surface area contributed by atoms with Gasteiger partial charge in [-0.2, -0.15) is 0 Å². The van der Waals surface area contributed by atoms with Gasteiger partial charge in [0.2, 0.25) is 0 Å². The van der Waals surface area contributed by atoms with Gasteiger partial charge in [0.05, 0.1) is 0 Å². The van der Waals surface area contributed by atoms with Crippen LogP contribution in [0.4, 0.5) is 0 Å². The third-order valence-electron chi connectivity index (χ3n) is 9.87. The highest BCUT2D eigenvalue weighted by atomic mass is 16.8. The number of ether oxygens (including phenoxy) is 2. The maximum atomic E-state index is 13.8. The molecule has 1 heterocycles. The van der Waals surface area contributed by atoms with Gasteiger partial charge in [0.25, 0.3) is 5.79 Å². The molecule has 5 aliphatic rings. The maximum Gasteiger partial charge on any atom is 0.264 e. The molecule has 0 amide bonds. The van der Waals surface area contributed by atoms with Gasteiger partial charge in [0.15, 0.2) is 5.78 Å². The number of hydrogen-bond acceptors (Lipinski definition) is 5. The van der Waals surface area contributed by atoms with Crippen molar-refractivity contribution in [2.45, 2.75) is 70.2 Å². The first-order valence-corrected chi connectivity index (χ1v) is 12.1. The van der Waals surface area contributed by atoms with E-state index in [4.69, 9.17) is 9.47 Å². The summed E-state index contributed by atoms with van der Waals surface area (Å²) >= 11 is 0. The molecule has 32 heavy (non-hydrogen) atoms. The molecule has 6 rings (SSSR count). The second kappa shape index (κ2) is 6.54. The first kappa shape index (κ1) is 20.6. The van der Waals surface area contributed by atoms with Gasteiger partial charge >= 0.3 is 0 Å². The highest BCUT2D eigenvalue weighted by molar-refractivity contribution is 5.93. The third-order valence-corrected chi connectivity index (χ3v) is 9.87. The second-order valence-electron chi connectivity index (χ2n) is 11.3. The summed E-state index contributed by atoms with van der Waals surface area (Å²) in [4.78, 5) is 25.9. The molecule has 5 nitrogen and oxygen atoms in total. The van der Waals surface area contributed by atoms with E-state index in [1.54, 1.807) is 0 Å². The Morgan fingerprint density at radius 2 is 1.81 bits per heavy atom. The van der Waals surface area contributed by atoms with E-state index in [1.807, 2.05) is 36.4 Å². The van der Waals surface area contributed by atoms with E-state index >= 15 is 0 Å². The van der Waals surface area contributed by atoms with E-state index < -0.39 is 16.8 Å². The summed E-state index contributed by atoms with van der Waals surface area (Å²) in [5.41, 5.74) is -0.835. The lowest BCUT2D eigenvalue weighted by Crippen LogP contribution is -2.63. The van der Waals surface area contributed by atoms with Crippen molar-refractivity contribution in [3.63, 3.8) is 0 Å². The van der Waals surface area contributed by atoms with E-state index in [-0.39, 0.29) is 34.7 Å². The van der Waals surface area contributed by atoms with Gasteiger partial charge in [-0.1, -0.05) is 37.6 Å². The predicted molar refractivity (Wildman–Crippen MR) is 118 cm³/mol. The van der Waals surface area contributed by atoms with Gasteiger partial charge in [-0.05, 0) is 67.6 Å². The van der Waals surface area contributed by atoms with Crippen molar-refractivity contribution in [3.05, 3.63) is 42.0 Å². The van der Waals surface area contributed by atoms with E-state index in [0.717, 1.165) is 25.7 Å². The molecule has 0 spiro atoms. The molecule has 1 aliphatic heterocycles. The van der Waals surface area contributed by atoms with Crippen LogP contribution in [0.2, 0.25) is 0 Å². The van der Waals surface area contributed by atoms with Crippen LogP contribution in [0.15, 0.2) is 42.0 Å². The zero-order valence-corrected chi connectivity index (χ0v) is 18.9. The first-order valence-electron chi connectivity index (χ1n) is 12.1. The smallest absolute Gasteiger partial charge is 0.264 e. The number of aliphatic hydroxyl groups is 1. The van der Waals surface area contributed by atoms with Crippen LogP contribution in [0.3, 0.4) is 0 Å². The number of para-hydroxylation sites is 1. The molecule has 1 aromatic rings. The Balaban J connectivity index is 1.35. The van der Waals surface area contributed by atoms with Crippen molar-refractivity contribution in [3.8, 4) is 5.75 Å². The Labute approximate surface area is 189 Å². The van der Waals surface area contributed by atoms with Gasteiger partial charge in [-0.15, -0.1) is 0 Å². The predicted octanol–water partition coefficient (Wildman–Crippen LogP) is 4.23. The second-order valence-corrected chi connectivity index (χ2v) is 11.3. The van der Waals surface area contributed by atoms with Gasteiger partial charge in [0, 0.05) is 24.2 Å². The maximum absolute atomic E-state index is 13.8. The van der Waals surface area contributed by atoms with Gasteiger partial charge in [-0.25, -0.2) is 0 Å². The monoisotopic (exact) mass is 436 g/mol. The van der Waals surface area contributed by atoms with Gasteiger partial charge < -0.3 is 14.6 Å². The summed E-state index contributed by atoms with van der Waals surface area (Å²) in [5.74, 6) is 0.465. The number of rotatable bonds is 3. The highest BCUT2D eigenvalue weighted by Crippen LogP contribution is 2.69. The van der Waals surface area contributed by atoms with Crippen molar-refractivity contribution < 1.29 is 24.2 Å². The summed E-state index contributed by atoms with van der Waals surface area (Å²) in [6.07, 6.45) is 6.71. The normalized spacial score (nSPS) is 47.2. The van der Waals surface area contributed by atoms with Crippen LogP contribution in [0.1, 0.15) is 58.8 Å². The van der Waals surface area contributed by atoms with Crippen LogP contribution in [-0.4, -0.2) is 34.7 Å². The number of benzene rings is 1. The number of carbonyl (C=O) groups is 2. The summed E-state index contributed by atoms with van der Waals surface area (Å²) in [5, 5.41) is 12.2. The molecular formula is C27H32O5. The summed E-state index contributed by atoms with van der Waals surface area (Å²) in [6.45, 7) is 4.64. The Kier molecular flexibility index (Phi) is 4.21. The zero-order valence-electron chi connectivity index (χ0n) is 18.9. The molecule has 170 valence electrons. The number of fused-ring (bicyclic) bond motifs is 5. The molecule has 0 bridgehead atoms. The number of carbonyl (C=O) groups excluding carboxylic acids is 2. The summed E-state index contributed by atoms with van der Waals surface area (Å²) < 4.78 is 12.1. The average Bonchev–Trinajstić information content (AvgIpc) is 3.49. The van der Waals surface area contributed by atoms with Crippen molar-refractivity contribution in [2.75, 3.05) is 6.61 Å². The highest BCUT2D eigenvalue weighted by Gasteiger charge is 2.77. The standard InChI is InChI=1S/C27H32O5/c1-24-12-10-18(28)14-17(24)8-9-20-21-11-13-26(30,25(21,2)15-22(29)23(20)24)27(16-31-27)32-19-6-4-3-5-7-19/h3-7,14,20-21,23,30H,8-13,15-16H2,1-2H3/t20-,21-,23+,24-,25-,26+,27+/m0/s1. The van der Waals surface area contributed by atoms with Gasteiger partial charge in [-0.3, -0.25) is 9.59 Å². The minimum atomic E-state index is -1.21. The van der Waals surface area contributed by atoms with E-state index in [0.29, 0.717) is 31.6 Å². The molecular weight excluding hydrogens is 404 g/mol. The average molecular weight is 437 g/mol. The fraction of sp³-hybridized carbons (Fsp3) is 0.630. The Hall–Kier alpha value is -1.98. The van der Waals surface area contributed by atoms with E-state index in [2.05, 4.69) is 13.8 Å². The fourth-order valence-corrected chi connectivity index (χ4v) is 8.14. The Morgan fingerprint density at radius 3 is 2.53 bits per heavy atom. The largest absolute Gasteiger partial charge is 0.457 e. The van der Waals surface area contributed by atoms with Gasteiger partial charge in [0.1, 0.15) is 23.7 Å². The Morgan fingerprint density at radius 1 is 1.06 bits per heavy atom. The molecule has 1 N–H and O–H groups in total. The van der Waals surface area contributed by atoms with Crippen molar-refractivity contribution >= 4 is 11.6 Å². The minimum Gasteiger partial charge on any atom is -0.457 e. The van der Waals surface area contributed by atoms with Crippen molar-refractivity contribution in [1.82, 2.24) is 0 Å². The number of hydrogen-bond donors (Lipinski definition) is 1. The molecule has 0 unspecified atom stereocenters. The summed E-state index contributed by atoms with van der Waals surface area (Å²) in [6, 6.07) is 9.51. The fourth-order valence-electron chi connectivity index (χ4n) is 8.14. The molecule has 1 aromatic carbocycles. The van der Waals surface area contributed by atoms with Crippen LogP contribution in [0.5, 0.6) is 5.75 Å². The number of Topliss-reactive ketones (excluding diaryl/α,β-unsaturated/α-hetero) is 1. The molecule has 3 saturated carbocycles. The first-order chi connectivity index (χ1) is 15.2. The molecule has 4 aliphatic carbocycles. The molecule has 7 atom stereocenters. The molecule has 4 fully saturated rings. The molecule has 0 aromatic heterocycles. The minimum absolute atomic E-state index is 0.0536. The third kappa shape index (κ3) is 2.52. The topological polar surface area (TPSA) is 76.1 Å². The van der Waals surface area contributed by atoms with Crippen LogP contribution < -0.4 is 4.74 Å². The SMILES string of the molecule is C[C@]12CCC(=O)C=C1CC[C@@H]1[C@@H]2C(=O)C[C@@]2(C)[C@H]1CC[C@]2(O)[C@]1(Oc2ccccc2)CO1. The number of ketones is 2. The van der Waals surface area contributed by atoms with Crippen molar-refractivity contribution in [2.24, 2.45) is 28.6 Å². The quantitative estimate of drug-likeness (QED) is 0.718. The van der Waals surface area contributed by atoms with Crippen LogP contribution in [-0.2, 0) is 14.3 Å². The molecule has 1 saturated heterocycles. The zero-order chi connectivity index (χ0) is 22.4. The van der Waals surface area contributed by atoms with E-state index in [1.165, 1.54) is 5.57 Å². The van der Waals surface area contributed by atoms with Crippen molar-refractivity contribution in [1.29, 1.82) is 0 Å². The van der Waals surface area contributed by atoms with E-state index in [9.17, 15) is 14.7 Å². The Bertz CT molecular complexity index is 1010. The lowest BCUT2D eigenvalue weighted by molar-refractivity contribution is -0.207. The summed E-state index contributed by atoms with van der Waals surface area (Å²) in [7, 11) is 0. The molecule has 5 heteroatoms.